The Kier molecular flexibility index (Phi) is 7.89. The molecule has 0 heterocycles. The van der Waals surface area contributed by atoms with Gasteiger partial charge in [0.2, 0.25) is 5.91 Å². The molecule has 2 aromatic carbocycles. The Balaban J connectivity index is 1.51. The van der Waals surface area contributed by atoms with E-state index in [1.54, 1.807) is 25.3 Å². The van der Waals surface area contributed by atoms with Gasteiger partial charge in [-0.2, -0.15) is 0 Å². The van der Waals surface area contributed by atoms with Crippen LogP contribution in [0.2, 0.25) is 0 Å². The molecule has 1 saturated carbocycles. The van der Waals surface area contributed by atoms with Crippen molar-refractivity contribution in [3.8, 4) is 11.5 Å². The predicted molar refractivity (Wildman–Crippen MR) is 117 cm³/mol. The van der Waals surface area contributed by atoms with E-state index in [2.05, 4.69) is 17.4 Å². The van der Waals surface area contributed by atoms with Gasteiger partial charge < -0.3 is 14.8 Å². The van der Waals surface area contributed by atoms with Crippen molar-refractivity contribution in [2.75, 3.05) is 13.7 Å². The molecule has 1 amide bonds. The summed E-state index contributed by atoms with van der Waals surface area (Å²) in [6.07, 6.45) is 5.82. The summed E-state index contributed by atoms with van der Waals surface area (Å²) in [5.74, 6) is 1.65. The average Bonchev–Trinajstić information content (AvgIpc) is 3.30. The van der Waals surface area contributed by atoms with E-state index < -0.39 is 0 Å². The molecule has 1 fully saturated rings. The number of methoxy groups -OCH3 is 1. The lowest BCUT2D eigenvalue weighted by Crippen LogP contribution is -2.32. The van der Waals surface area contributed by atoms with Gasteiger partial charge in [0, 0.05) is 12.0 Å². The van der Waals surface area contributed by atoms with Crippen molar-refractivity contribution in [1.82, 2.24) is 5.32 Å². The Morgan fingerprint density at radius 3 is 2.47 bits per heavy atom. The third kappa shape index (κ3) is 5.85. The van der Waals surface area contributed by atoms with Crippen LogP contribution >= 0.6 is 0 Å². The Labute approximate surface area is 178 Å². The highest BCUT2D eigenvalue weighted by molar-refractivity contribution is 5.94. The molecule has 0 bridgehead atoms. The molecule has 30 heavy (non-hydrogen) atoms. The summed E-state index contributed by atoms with van der Waals surface area (Å²) < 4.78 is 11.1. The summed E-state index contributed by atoms with van der Waals surface area (Å²) >= 11 is 0. The topological polar surface area (TPSA) is 64.6 Å². The molecule has 5 nitrogen and oxygen atoms in total. The number of carbonyl (C=O) groups is 2. The molecule has 0 spiro atoms. The largest absolute Gasteiger partial charge is 0.493 e. The van der Waals surface area contributed by atoms with Crippen molar-refractivity contribution in [3.63, 3.8) is 0 Å². The molecule has 0 aromatic heterocycles. The fourth-order valence-electron chi connectivity index (χ4n) is 4.09. The number of ketones is 1. The van der Waals surface area contributed by atoms with E-state index in [4.69, 9.17) is 9.47 Å². The zero-order valence-electron chi connectivity index (χ0n) is 17.9. The Morgan fingerprint density at radius 2 is 1.80 bits per heavy atom. The molecule has 5 heteroatoms. The minimum Gasteiger partial charge on any atom is -0.493 e. The van der Waals surface area contributed by atoms with Crippen molar-refractivity contribution < 1.29 is 19.1 Å². The average molecular weight is 410 g/mol. The number of hydrogen-bond acceptors (Lipinski definition) is 4. The smallest absolute Gasteiger partial charge is 0.220 e. The molecule has 1 unspecified atom stereocenters. The number of ether oxygens (including phenoxy) is 2. The maximum atomic E-state index is 12.6. The maximum Gasteiger partial charge on any atom is 0.220 e. The number of carbonyl (C=O) groups excluding carboxylic acids is 2. The minimum absolute atomic E-state index is 0.0215. The van der Waals surface area contributed by atoms with E-state index in [0.29, 0.717) is 42.4 Å². The van der Waals surface area contributed by atoms with E-state index in [1.165, 1.54) is 38.2 Å². The first kappa shape index (κ1) is 21.9. The number of nitrogens with one attached hydrogen (secondary N) is 1. The van der Waals surface area contributed by atoms with E-state index >= 15 is 0 Å². The highest BCUT2D eigenvalue weighted by Crippen LogP contribution is 2.35. The zero-order valence-corrected chi connectivity index (χ0v) is 17.9. The highest BCUT2D eigenvalue weighted by Gasteiger charge is 2.27. The van der Waals surface area contributed by atoms with Crippen molar-refractivity contribution in [2.24, 2.45) is 5.92 Å². The van der Waals surface area contributed by atoms with Gasteiger partial charge >= 0.3 is 0 Å². The van der Waals surface area contributed by atoms with Crippen LogP contribution in [0.5, 0.6) is 11.5 Å². The second-order valence-electron chi connectivity index (χ2n) is 7.87. The molecule has 3 rings (SSSR count). The molecular weight excluding hydrogens is 378 g/mol. The van der Waals surface area contributed by atoms with E-state index in [1.807, 2.05) is 18.2 Å². The molecule has 1 aliphatic carbocycles. The highest BCUT2D eigenvalue weighted by atomic mass is 16.5. The van der Waals surface area contributed by atoms with Crippen LogP contribution in [-0.2, 0) is 4.79 Å². The molecule has 2 aromatic rings. The summed E-state index contributed by atoms with van der Waals surface area (Å²) in [6, 6.07) is 15.5. The molecule has 0 radical (unpaired) electrons. The van der Waals surface area contributed by atoms with Gasteiger partial charge in [0.25, 0.3) is 0 Å². The van der Waals surface area contributed by atoms with Gasteiger partial charge in [0.05, 0.1) is 19.8 Å². The fraction of sp³-hybridized carbons (Fsp3) is 0.440. The molecular formula is C25H31NO4. The second-order valence-corrected chi connectivity index (χ2v) is 7.87. The summed E-state index contributed by atoms with van der Waals surface area (Å²) in [5, 5.41) is 3.26. The molecule has 0 aliphatic heterocycles. The van der Waals surface area contributed by atoms with Crippen LogP contribution in [0.25, 0.3) is 0 Å². The third-order valence-corrected chi connectivity index (χ3v) is 5.72. The van der Waals surface area contributed by atoms with Gasteiger partial charge in [-0.05, 0) is 55.9 Å². The SMILES string of the molecule is COc1cc(C(C)=O)ccc1OCCCC(=O)NC(c1ccccc1)C1CCCC1. The van der Waals surface area contributed by atoms with Crippen molar-refractivity contribution in [3.05, 3.63) is 59.7 Å². The number of rotatable bonds is 10. The normalized spacial score (nSPS) is 14.9. The molecule has 1 atom stereocenters. The molecule has 0 saturated heterocycles. The van der Waals surface area contributed by atoms with E-state index in [-0.39, 0.29) is 17.7 Å². The summed E-state index contributed by atoms with van der Waals surface area (Å²) in [7, 11) is 1.55. The van der Waals surface area contributed by atoms with Crippen LogP contribution in [0.1, 0.15) is 67.4 Å². The molecule has 160 valence electrons. The first-order valence-corrected chi connectivity index (χ1v) is 10.7. The van der Waals surface area contributed by atoms with Crippen LogP contribution in [0, 0.1) is 5.92 Å². The van der Waals surface area contributed by atoms with E-state index in [0.717, 1.165) is 0 Å². The number of Topliss-reactive ketones (excluding diaryl/α,β-unsaturated/α-hetero) is 1. The predicted octanol–water partition coefficient (Wildman–Crippen LogP) is 5.10. The molecule has 1 N–H and O–H groups in total. The van der Waals surface area contributed by atoms with Crippen LogP contribution < -0.4 is 14.8 Å². The van der Waals surface area contributed by atoms with Crippen LogP contribution in [0.15, 0.2) is 48.5 Å². The van der Waals surface area contributed by atoms with Crippen LogP contribution in [0.3, 0.4) is 0 Å². The fourth-order valence-corrected chi connectivity index (χ4v) is 4.09. The lowest BCUT2D eigenvalue weighted by molar-refractivity contribution is -0.122. The second kappa shape index (κ2) is 10.8. The Bertz CT molecular complexity index is 843. The van der Waals surface area contributed by atoms with Gasteiger partial charge in [-0.1, -0.05) is 43.2 Å². The first-order chi connectivity index (χ1) is 14.6. The third-order valence-electron chi connectivity index (χ3n) is 5.72. The lowest BCUT2D eigenvalue weighted by atomic mass is 9.91. The van der Waals surface area contributed by atoms with Gasteiger partial charge in [0.1, 0.15) is 0 Å². The Hall–Kier alpha value is -2.82. The molecule has 1 aliphatic rings. The van der Waals surface area contributed by atoms with Gasteiger partial charge in [-0.15, -0.1) is 0 Å². The summed E-state index contributed by atoms with van der Waals surface area (Å²) in [4.78, 5) is 24.1. The summed E-state index contributed by atoms with van der Waals surface area (Å²) in [5.41, 5.74) is 1.77. The minimum atomic E-state index is -0.0215. The standard InChI is InChI=1S/C25H31NO4/c1-18(27)21-14-15-22(23(17-21)29-2)30-16-8-13-24(28)26-25(20-11-6-7-12-20)19-9-4-3-5-10-19/h3-5,9-10,14-15,17,20,25H,6-8,11-13,16H2,1-2H3,(H,26,28). The van der Waals surface area contributed by atoms with Crippen molar-refractivity contribution >= 4 is 11.7 Å². The quantitative estimate of drug-likeness (QED) is 0.438. The number of benzene rings is 2. The first-order valence-electron chi connectivity index (χ1n) is 10.7. The summed E-state index contributed by atoms with van der Waals surface area (Å²) in [6.45, 7) is 1.92. The van der Waals surface area contributed by atoms with Gasteiger partial charge in [-0.3, -0.25) is 9.59 Å². The number of amides is 1. The number of hydrogen-bond donors (Lipinski definition) is 1. The Morgan fingerprint density at radius 1 is 1.07 bits per heavy atom. The van der Waals surface area contributed by atoms with E-state index in [9.17, 15) is 9.59 Å². The maximum absolute atomic E-state index is 12.6. The van der Waals surface area contributed by atoms with Crippen molar-refractivity contribution in [1.29, 1.82) is 0 Å². The van der Waals surface area contributed by atoms with Crippen LogP contribution in [-0.4, -0.2) is 25.4 Å². The zero-order chi connectivity index (χ0) is 21.3. The lowest BCUT2D eigenvalue weighted by Gasteiger charge is -2.25. The monoisotopic (exact) mass is 409 g/mol. The van der Waals surface area contributed by atoms with Gasteiger partial charge in [-0.25, -0.2) is 0 Å². The van der Waals surface area contributed by atoms with Crippen molar-refractivity contribution in [2.45, 2.75) is 51.5 Å². The van der Waals surface area contributed by atoms with Gasteiger partial charge in [0.15, 0.2) is 17.3 Å². The van der Waals surface area contributed by atoms with Crippen LogP contribution in [0.4, 0.5) is 0 Å².